The molecule has 0 radical (unpaired) electrons. The van der Waals surface area contributed by atoms with Crippen molar-refractivity contribution in [1.29, 1.82) is 5.26 Å². The van der Waals surface area contributed by atoms with Crippen LogP contribution in [-0.2, 0) is 15.4 Å². The van der Waals surface area contributed by atoms with E-state index in [4.69, 9.17) is 4.98 Å². The van der Waals surface area contributed by atoms with Crippen molar-refractivity contribution >= 4 is 15.8 Å². The summed E-state index contributed by atoms with van der Waals surface area (Å²) in [7, 11) is -3.62. The Morgan fingerprint density at radius 2 is 1.90 bits per heavy atom. The van der Waals surface area contributed by atoms with Crippen LogP contribution in [0.25, 0.3) is 22.6 Å². The van der Waals surface area contributed by atoms with E-state index >= 15 is 0 Å². The Hall–Kier alpha value is -4.37. The molecule has 12 heteroatoms. The molecule has 2 bridgehead atoms. The Kier molecular flexibility index (Phi) is 6.07. The van der Waals surface area contributed by atoms with Crippen LogP contribution >= 0.6 is 0 Å². The van der Waals surface area contributed by atoms with Crippen molar-refractivity contribution in [1.82, 2.24) is 25.1 Å². The molecular weight excluding hydrogens is 536 g/mol. The Balaban J connectivity index is 1.44. The number of fused-ring (bicyclic) bond motifs is 2. The summed E-state index contributed by atoms with van der Waals surface area (Å²) in [5.74, 6) is -0.700. The summed E-state index contributed by atoms with van der Waals surface area (Å²) < 4.78 is 54.6. The van der Waals surface area contributed by atoms with Crippen LogP contribution in [0.2, 0.25) is 0 Å². The second-order valence-electron chi connectivity index (χ2n) is 10.4. The summed E-state index contributed by atoms with van der Waals surface area (Å²) in [6.07, 6.45) is 6.40. The average molecular weight is 560 g/mol. The highest BCUT2D eigenvalue weighted by Crippen LogP contribution is 2.57. The predicted molar refractivity (Wildman–Crippen MR) is 142 cm³/mol. The maximum Gasteiger partial charge on any atom is 0.231 e. The van der Waals surface area contributed by atoms with Crippen molar-refractivity contribution in [3.63, 3.8) is 0 Å². The third-order valence-electron chi connectivity index (χ3n) is 7.83. The van der Waals surface area contributed by atoms with Gasteiger partial charge in [-0.05, 0) is 67.0 Å². The number of pyridine rings is 1. The zero-order chi connectivity index (χ0) is 28.2. The maximum absolute atomic E-state index is 14.6. The lowest BCUT2D eigenvalue weighted by atomic mass is 9.55. The van der Waals surface area contributed by atoms with Gasteiger partial charge in [-0.2, -0.15) is 10.4 Å². The summed E-state index contributed by atoms with van der Waals surface area (Å²) in [5.41, 5.74) is 2.25. The minimum absolute atomic E-state index is 0.0333. The average Bonchev–Trinajstić information content (AvgIpc) is 2.92. The van der Waals surface area contributed by atoms with Crippen molar-refractivity contribution in [3.05, 3.63) is 82.9 Å². The van der Waals surface area contributed by atoms with Gasteiger partial charge in [0.15, 0.2) is 11.6 Å². The third-order valence-corrected chi connectivity index (χ3v) is 8.39. The van der Waals surface area contributed by atoms with E-state index in [9.17, 15) is 22.5 Å². The van der Waals surface area contributed by atoms with Gasteiger partial charge in [0.2, 0.25) is 10.0 Å². The fraction of sp³-hybridized carbons (Fsp3) is 0.286. The highest BCUT2D eigenvalue weighted by molar-refractivity contribution is 7.92. The molecule has 1 aromatic carbocycles. The molecule has 3 aromatic heterocycles. The molecule has 0 spiro atoms. The van der Waals surface area contributed by atoms with Crippen LogP contribution in [0.3, 0.4) is 0 Å². The van der Waals surface area contributed by atoms with E-state index < -0.39 is 27.1 Å². The lowest BCUT2D eigenvalue weighted by molar-refractivity contribution is 0.195. The first kappa shape index (κ1) is 25.9. The summed E-state index contributed by atoms with van der Waals surface area (Å²) >= 11 is 0. The fourth-order valence-electron chi connectivity index (χ4n) is 6.13. The molecule has 202 valence electrons. The van der Waals surface area contributed by atoms with Crippen LogP contribution in [0.4, 0.5) is 14.6 Å². The van der Waals surface area contributed by atoms with Crippen LogP contribution in [0, 0.1) is 28.9 Å². The normalized spacial score (nSPS) is 21.5. The van der Waals surface area contributed by atoms with Gasteiger partial charge in [0.25, 0.3) is 0 Å². The molecule has 3 aliphatic carbocycles. The van der Waals surface area contributed by atoms with Crippen LogP contribution in [0.15, 0.2) is 48.8 Å². The number of nitrogens with zero attached hydrogens (tertiary/aromatic N) is 6. The van der Waals surface area contributed by atoms with Crippen LogP contribution in [-0.4, -0.2) is 39.8 Å². The van der Waals surface area contributed by atoms with Crippen molar-refractivity contribution < 1.29 is 17.2 Å². The first-order valence-electron chi connectivity index (χ1n) is 12.6. The quantitative estimate of drug-likeness (QED) is 0.371. The van der Waals surface area contributed by atoms with E-state index in [1.807, 2.05) is 12.1 Å². The second kappa shape index (κ2) is 9.38. The molecule has 9 nitrogen and oxygen atoms in total. The van der Waals surface area contributed by atoms with Gasteiger partial charge in [-0.1, -0.05) is 13.0 Å². The Morgan fingerprint density at radius 1 is 1.12 bits per heavy atom. The maximum atomic E-state index is 14.6. The van der Waals surface area contributed by atoms with Crippen molar-refractivity contribution in [3.8, 4) is 28.7 Å². The van der Waals surface area contributed by atoms with E-state index in [1.54, 1.807) is 12.3 Å². The summed E-state index contributed by atoms with van der Waals surface area (Å²) in [4.78, 5) is 13.4. The second-order valence-corrected chi connectivity index (χ2v) is 12.2. The number of benzene rings is 1. The molecule has 1 N–H and O–H groups in total. The highest BCUT2D eigenvalue weighted by Gasteiger charge is 2.51. The standard InChI is InChI=1S/C28H23F2N7O2S/c1-15-12-28(8-6-18(15)19-11-22(35-36-25(19)28)24-20(29)4-3-5-21(24)30)23-7-9-32-26(34-23)17-10-16(13-31)27(33-14-17)37-40(2,38)39/h3-5,7,9-11,14-15,18H,6,8,12H2,1-2H3,(H,33,37)/t15-,18+,28-/m0/s1. The minimum Gasteiger partial charge on any atom is -0.266 e. The molecule has 3 heterocycles. The topological polar surface area (TPSA) is 134 Å². The molecule has 40 heavy (non-hydrogen) atoms. The van der Waals surface area contributed by atoms with Gasteiger partial charge >= 0.3 is 0 Å². The van der Waals surface area contributed by atoms with E-state index in [0.717, 1.165) is 42.5 Å². The molecule has 0 amide bonds. The molecule has 1 fully saturated rings. The molecule has 0 unspecified atom stereocenters. The zero-order valence-electron chi connectivity index (χ0n) is 21.6. The Bertz CT molecular complexity index is 1810. The molecule has 4 aromatic rings. The molecule has 0 saturated heterocycles. The monoisotopic (exact) mass is 559 g/mol. The molecule has 1 saturated carbocycles. The fourth-order valence-corrected chi connectivity index (χ4v) is 6.64. The molecule has 3 aliphatic rings. The number of nitrogens with one attached hydrogen (secondary N) is 1. The van der Waals surface area contributed by atoms with Crippen molar-refractivity contribution in [2.75, 3.05) is 11.0 Å². The summed E-state index contributed by atoms with van der Waals surface area (Å²) in [6, 6.07) is 10.8. The number of aromatic nitrogens is 5. The van der Waals surface area contributed by atoms with Crippen LogP contribution < -0.4 is 4.72 Å². The number of nitriles is 1. The summed E-state index contributed by atoms with van der Waals surface area (Å²) in [6.45, 7) is 2.16. The zero-order valence-corrected chi connectivity index (χ0v) is 22.4. The van der Waals surface area contributed by atoms with E-state index in [0.29, 0.717) is 11.4 Å². The predicted octanol–water partition coefficient (Wildman–Crippen LogP) is 4.72. The number of anilines is 1. The number of hydrogen-bond donors (Lipinski definition) is 1. The van der Waals surface area contributed by atoms with Gasteiger partial charge in [0.05, 0.1) is 39.9 Å². The number of sulfonamides is 1. The molecular formula is C28H23F2N7O2S. The van der Waals surface area contributed by atoms with Crippen LogP contribution in [0.5, 0.6) is 0 Å². The molecule has 3 atom stereocenters. The van der Waals surface area contributed by atoms with E-state index in [1.165, 1.54) is 30.5 Å². The molecule has 7 rings (SSSR count). The van der Waals surface area contributed by atoms with Gasteiger partial charge < -0.3 is 0 Å². The lowest BCUT2D eigenvalue weighted by Crippen LogP contribution is -2.44. The van der Waals surface area contributed by atoms with Crippen molar-refractivity contribution in [2.24, 2.45) is 5.92 Å². The third kappa shape index (κ3) is 4.26. The largest absolute Gasteiger partial charge is 0.266 e. The first-order valence-corrected chi connectivity index (χ1v) is 14.5. The summed E-state index contributed by atoms with van der Waals surface area (Å²) in [5, 5.41) is 18.4. The minimum atomic E-state index is -3.62. The van der Waals surface area contributed by atoms with Gasteiger partial charge in [-0.15, -0.1) is 5.10 Å². The van der Waals surface area contributed by atoms with Gasteiger partial charge in [-0.3, -0.25) is 4.72 Å². The Morgan fingerprint density at radius 3 is 2.60 bits per heavy atom. The SMILES string of the molecule is C[C@H]1C[C@]2(c3ccnc(-c4cnc(NS(C)(=O)=O)c(C#N)c4)n3)CC[C@H]1c1cc(-c3c(F)cccc3F)nnc12. The number of hydrogen-bond acceptors (Lipinski definition) is 8. The van der Waals surface area contributed by atoms with E-state index in [-0.39, 0.29) is 34.5 Å². The first-order chi connectivity index (χ1) is 19.1. The van der Waals surface area contributed by atoms with E-state index in [2.05, 4.69) is 31.8 Å². The van der Waals surface area contributed by atoms with Gasteiger partial charge in [0, 0.05) is 18.0 Å². The number of halogens is 2. The molecule has 0 aliphatic heterocycles. The van der Waals surface area contributed by atoms with Gasteiger partial charge in [-0.25, -0.2) is 32.2 Å². The number of rotatable bonds is 5. The smallest absolute Gasteiger partial charge is 0.231 e. The highest BCUT2D eigenvalue weighted by atomic mass is 32.2. The van der Waals surface area contributed by atoms with Gasteiger partial charge in [0.1, 0.15) is 17.7 Å². The van der Waals surface area contributed by atoms with Crippen molar-refractivity contribution in [2.45, 2.75) is 37.5 Å². The lowest BCUT2D eigenvalue weighted by Gasteiger charge is -2.49. The van der Waals surface area contributed by atoms with Crippen LogP contribution in [0.1, 0.15) is 54.6 Å². The Labute approximate surface area is 229 Å².